The first kappa shape index (κ1) is 7.86. The van der Waals surface area contributed by atoms with Gasteiger partial charge in [0.2, 0.25) is 0 Å². The van der Waals surface area contributed by atoms with Crippen LogP contribution in [0.5, 0.6) is 0 Å². The van der Waals surface area contributed by atoms with E-state index in [0.29, 0.717) is 5.69 Å². The molecule has 1 aromatic carbocycles. The van der Waals surface area contributed by atoms with Crippen LogP contribution in [0.1, 0.15) is 12.6 Å². The highest BCUT2D eigenvalue weighted by atomic mass is 16.5. The highest BCUT2D eigenvalue weighted by Crippen LogP contribution is 2.21. The first-order valence-electron chi connectivity index (χ1n) is 4.09. The Morgan fingerprint density at radius 1 is 1.46 bits per heavy atom. The van der Waals surface area contributed by atoms with Gasteiger partial charge in [0.1, 0.15) is 5.69 Å². The molecule has 0 aliphatic heterocycles. The summed E-state index contributed by atoms with van der Waals surface area (Å²) >= 11 is 0. The van der Waals surface area contributed by atoms with Crippen molar-refractivity contribution in [3.8, 4) is 0 Å². The molecule has 0 bridgehead atoms. The maximum absolute atomic E-state index is 5.60. The largest absolute Gasteiger partial charge is 0.399 e. The lowest BCUT2D eigenvalue weighted by Gasteiger charge is -1.90. The molecule has 2 rings (SSSR count). The second-order valence-corrected chi connectivity index (χ2v) is 2.82. The quantitative estimate of drug-likeness (QED) is 0.675. The molecule has 0 atom stereocenters. The fourth-order valence-electron chi connectivity index (χ4n) is 1.25. The SMILES string of the molecule is CC=Cc1noc2cc(N)ccc12. The van der Waals surface area contributed by atoms with Gasteiger partial charge in [0.05, 0.1) is 0 Å². The number of nitrogens with two attached hydrogens (primary N) is 1. The number of aromatic nitrogens is 1. The summed E-state index contributed by atoms with van der Waals surface area (Å²) in [6.45, 7) is 1.94. The minimum Gasteiger partial charge on any atom is -0.399 e. The number of hydrogen-bond acceptors (Lipinski definition) is 3. The lowest BCUT2D eigenvalue weighted by atomic mass is 10.2. The van der Waals surface area contributed by atoms with Gasteiger partial charge in [-0.25, -0.2) is 0 Å². The topological polar surface area (TPSA) is 52.0 Å². The molecule has 0 aliphatic rings. The van der Waals surface area contributed by atoms with E-state index < -0.39 is 0 Å². The van der Waals surface area contributed by atoms with Crippen LogP contribution in [0, 0.1) is 0 Å². The van der Waals surface area contributed by atoms with E-state index >= 15 is 0 Å². The number of nitrogen functional groups attached to an aromatic ring is 1. The standard InChI is InChI=1S/C10H10N2O/c1-2-3-9-8-5-4-7(11)6-10(8)13-12-9/h2-6H,11H2,1H3. The Morgan fingerprint density at radius 3 is 3.08 bits per heavy atom. The van der Waals surface area contributed by atoms with Gasteiger partial charge in [-0.3, -0.25) is 0 Å². The molecule has 0 amide bonds. The Kier molecular flexibility index (Phi) is 1.77. The third kappa shape index (κ3) is 1.28. The van der Waals surface area contributed by atoms with Gasteiger partial charge in [-0.1, -0.05) is 11.2 Å². The molecule has 0 fully saturated rings. The molecule has 0 aliphatic carbocycles. The molecule has 0 spiro atoms. The van der Waals surface area contributed by atoms with Gasteiger partial charge in [0, 0.05) is 17.1 Å². The monoisotopic (exact) mass is 174 g/mol. The summed E-state index contributed by atoms with van der Waals surface area (Å²) in [6.07, 6.45) is 3.83. The fraction of sp³-hybridized carbons (Fsp3) is 0.100. The van der Waals surface area contributed by atoms with Crippen LogP contribution in [0.15, 0.2) is 28.8 Å². The van der Waals surface area contributed by atoms with E-state index in [1.807, 2.05) is 31.2 Å². The Labute approximate surface area is 75.8 Å². The van der Waals surface area contributed by atoms with Crippen LogP contribution in [0.2, 0.25) is 0 Å². The summed E-state index contributed by atoms with van der Waals surface area (Å²) in [7, 11) is 0. The molecule has 66 valence electrons. The minimum absolute atomic E-state index is 0.690. The Hall–Kier alpha value is -1.77. The van der Waals surface area contributed by atoms with Crippen LogP contribution in [-0.2, 0) is 0 Å². The maximum Gasteiger partial charge on any atom is 0.169 e. The van der Waals surface area contributed by atoms with Crippen LogP contribution in [0.25, 0.3) is 17.0 Å². The molecule has 13 heavy (non-hydrogen) atoms. The van der Waals surface area contributed by atoms with Crippen LogP contribution in [-0.4, -0.2) is 5.16 Å². The lowest BCUT2D eigenvalue weighted by molar-refractivity contribution is 0.454. The number of fused-ring (bicyclic) bond motifs is 1. The molecular formula is C10H10N2O. The summed E-state index contributed by atoms with van der Waals surface area (Å²) in [5.41, 5.74) is 7.87. The average molecular weight is 174 g/mol. The molecule has 2 aromatic rings. The summed E-state index contributed by atoms with van der Waals surface area (Å²) < 4.78 is 5.10. The van der Waals surface area contributed by atoms with Crippen molar-refractivity contribution in [1.29, 1.82) is 0 Å². The van der Waals surface area contributed by atoms with Crippen molar-refractivity contribution in [2.24, 2.45) is 0 Å². The average Bonchev–Trinajstić information content (AvgIpc) is 2.49. The highest BCUT2D eigenvalue weighted by molar-refractivity contribution is 5.86. The molecular weight excluding hydrogens is 164 g/mol. The normalized spacial score (nSPS) is 11.5. The first-order chi connectivity index (χ1) is 6.31. The van der Waals surface area contributed by atoms with Gasteiger partial charge in [-0.05, 0) is 25.1 Å². The van der Waals surface area contributed by atoms with E-state index in [-0.39, 0.29) is 0 Å². The highest BCUT2D eigenvalue weighted by Gasteiger charge is 2.04. The number of rotatable bonds is 1. The fourth-order valence-corrected chi connectivity index (χ4v) is 1.25. The van der Waals surface area contributed by atoms with Crippen molar-refractivity contribution in [3.63, 3.8) is 0 Å². The van der Waals surface area contributed by atoms with Gasteiger partial charge in [-0.2, -0.15) is 0 Å². The number of anilines is 1. The van der Waals surface area contributed by atoms with Crippen LogP contribution >= 0.6 is 0 Å². The van der Waals surface area contributed by atoms with Crippen LogP contribution in [0.4, 0.5) is 5.69 Å². The van der Waals surface area contributed by atoms with Crippen LogP contribution < -0.4 is 5.73 Å². The van der Waals surface area contributed by atoms with Gasteiger partial charge in [0.25, 0.3) is 0 Å². The van der Waals surface area contributed by atoms with Gasteiger partial charge >= 0.3 is 0 Å². The summed E-state index contributed by atoms with van der Waals surface area (Å²) in [6, 6.07) is 5.53. The minimum atomic E-state index is 0.690. The second kappa shape index (κ2) is 2.94. The van der Waals surface area contributed by atoms with Crippen molar-refractivity contribution in [2.45, 2.75) is 6.92 Å². The number of allylic oxidation sites excluding steroid dienone is 1. The number of nitrogens with zero attached hydrogens (tertiary/aromatic N) is 1. The van der Waals surface area contributed by atoms with Crippen molar-refractivity contribution < 1.29 is 4.52 Å². The molecule has 3 heteroatoms. The molecule has 2 N–H and O–H groups in total. The predicted octanol–water partition coefficient (Wildman–Crippen LogP) is 2.44. The first-order valence-corrected chi connectivity index (χ1v) is 4.09. The molecule has 3 nitrogen and oxygen atoms in total. The zero-order valence-electron chi connectivity index (χ0n) is 7.32. The van der Waals surface area contributed by atoms with E-state index in [1.165, 1.54) is 0 Å². The molecule has 1 aromatic heterocycles. The molecule has 1 heterocycles. The molecule has 0 saturated carbocycles. The van der Waals surface area contributed by atoms with E-state index in [2.05, 4.69) is 5.16 Å². The van der Waals surface area contributed by atoms with E-state index in [9.17, 15) is 0 Å². The zero-order chi connectivity index (χ0) is 9.26. The Morgan fingerprint density at radius 2 is 2.31 bits per heavy atom. The third-order valence-corrected chi connectivity index (χ3v) is 1.85. The lowest BCUT2D eigenvalue weighted by Crippen LogP contribution is -1.81. The van der Waals surface area contributed by atoms with Gasteiger partial charge in [0.15, 0.2) is 5.58 Å². The van der Waals surface area contributed by atoms with E-state index in [0.717, 1.165) is 16.7 Å². The molecule has 0 unspecified atom stereocenters. The van der Waals surface area contributed by atoms with E-state index in [4.69, 9.17) is 10.3 Å². The molecule has 0 saturated heterocycles. The smallest absolute Gasteiger partial charge is 0.169 e. The third-order valence-electron chi connectivity index (χ3n) is 1.85. The van der Waals surface area contributed by atoms with Gasteiger partial charge in [-0.15, -0.1) is 0 Å². The number of benzene rings is 1. The van der Waals surface area contributed by atoms with Crippen LogP contribution in [0.3, 0.4) is 0 Å². The van der Waals surface area contributed by atoms with E-state index in [1.54, 1.807) is 6.07 Å². The Bertz CT molecular complexity index is 457. The number of hydrogen-bond donors (Lipinski definition) is 1. The second-order valence-electron chi connectivity index (χ2n) is 2.82. The van der Waals surface area contributed by atoms with Crippen molar-refractivity contribution in [3.05, 3.63) is 30.0 Å². The summed E-state index contributed by atoms with van der Waals surface area (Å²) in [4.78, 5) is 0. The Balaban J connectivity index is 2.68. The van der Waals surface area contributed by atoms with Crippen molar-refractivity contribution in [1.82, 2.24) is 5.16 Å². The van der Waals surface area contributed by atoms with Gasteiger partial charge < -0.3 is 10.3 Å². The summed E-state index contributed by atoms with van der Waals surface area (Å²) in [5.74, 6) is 0. The van der Waals surface area contributed by atoms with Crippen molar-refractivity contribution in [2.75, 3.05) is 5.73 Å². The maximum atomic E-state index is 5.60. The summed E-state index contributed by atoms with van der Waals surface area (Å²) in [5, 5.41) is 4.90. The predicted molar refractivity (Wildman–Crippen MR) is 53.1 cm³/mol. The molecule has 0 radical (unpaired) electrons. The zero-order valence-corrected chi connectivity index (χ0v) is 7.32. The van der Waals surface area contributed by atoms with Crippen molar-refractivity contribution >= 4 is 22.7 Å².